The van der Waals surface area contributed by atoms with Gasteiger partial charge in [0.25, 0.3) is 5.91 Å². The van der Waals surface area contributed by atoms with E-state index >= 15 is 0 Å². The molecule has 2 bridgehead atoms. The Morgan fingerprint density at radius 2 is 1.56 bits per heavy atom. The number of nitrogens with one attached hydrogen (secondary N) is 1. The minimum Gasteiger partial charge on any atom is -0.490 e. The van der Waals surface area contributed by atoms with Crippen LogP contribution in [-0.2, 0) is 6.54 Å². The van der Waals surface area contributed by atoms with Crippen molar-refractivity contribution in [3.63, 3.8) is 0 Å². The molecule has 3 aromatic carbocycles. The van der Waals surface area contributed by atoms with Gasteiger partial charge in [0.05, 0.1) is 0 Å². The summed E-state index contributed by atoms with van der Waals surface area (Å²) in [5.41, 5.74) is 4.40. The molecule has 0 spiro atoms. The summed E-state index contributed by atoms with van der Waals surface area (Å²) in [6.45, 7) is 5.21. The molecule has 1 N–H and O–H groups in total. The highest BCUT2D eigenvalue weighted by atomic mass is 16.5. The van der Waals surface area contributed by atoms with Crippen LogP contribution in [-0.4, -0.2) is 35.0 Å². The summed E-state index contributed by atoms with van der Waals surface area (Å²) in [4.78, 5) is 15.3. The molecular formula is C30H34N2O2. The van der Waals surface area contributed by atoms with Gasteiger partial charge in [-0.05, 0) is 74.7 Å². The van der Waals surface area contributed by atoms with Gasteiger partial charge in [0.1, 0.15) is 11.9 Å². The summed E-state index contributed by atoms with van der Waals surface area (Å²) < 4.78 is 6.46. The van der Waals surface area contributed by atoms with Crippen molar-refractivity contribution in [3.05, 3.63) is 90.0 Å². The van der Waals surface area contributed by atoms with Gasteiger partial charge in [0.15, 0.2) is 0 Å². The molecule has 2 fully saturated rings. The van der Waals surface area contributed by atoms with Crippen LogP contribution in [0.5, 0.6) is 5.75 Å². The average Bonchev–Trinajstić information content (AvgIpc) is 2.98. The van der Waals surface area contributed by atoms with Crippen molar-refractivity contribution in [2.45, 2.75) is 63.3 Å². The van der Waals surface area contributed by atoms with Crippen molar-refractivity contribution in [2.75, 3.05) is 7.05 Å². The number of nitrogens with zero attached hydrogens (tertiary/aromatic N) is 1. The normalized spacial score (nSPS) is 26.3. The Morgan fingerprint density at radius 3 is 2.24 bits per heavy atom. The molecule has 0 saturated carbocycles. The zero-order valence-corrected chi connectivity index (χ0v) is 20.4. The molecule has 0 aromatic heterocycles. The van der Waals surface area contributed by atoms with Crippen molar-refractivity contribution in [3.8, 4) is 16.9 Å². The van der Waals surface area contributed by atoms with Gasteiger partial charge in [-0.25, -0.2) is 0 Å². The summed E-state index contributed by atoms with van der Waals surface area (Å²) in [6, 6.07) is 26.1. The lowest BCUT2D eigenvalue weighted by atomic mass is 9.84. The predicted octanol–water partition coefficient (Wildman–Crippen LogP) is 6.07. The number of carbonyl (C=O) groups is 1. The fraction of sp³-hybridized carbons (Fsp3) is 0.367. The minimum absolute atomic E-state index is 0.0707. The maximum absolute atomic E-state index is 12.7. The van der Waals surface area contributed by atoms with Crippen molar-refractivity contribution < 1.29 is 9.53 Å². The van der Waals surface area contributed by atoms with Crippen molar-refractivity contribution in [1.29, 1.82) is 0 Å². The number of rotatable bonds is 6. The number of piperidine rings is 1. The van der Waals surface area contributed by atoms with E-state index in [4.69, 9.17) is 4.74 Å². The number of carbonyl (C=O) groups excluding carboxylic acids is 1. The average molecular weight is 455 g/mol. The zero-order valence-electron chi connectivity index (χ0n) is 20.4. The summed E-state index contributed by atoms with van der Waals surface area (Å²) in [5, 5.41) is 3.05. The van der Waals surface area contributed by atoms with Crippen LogP contribution in [0, 0.1) is 0 Å². The third kappa shape index (κ3) is 4.47. The summed E-state index contributed by atoms with van der Waals surface area (Å²) in [7, 11) is 2.27. The monoisotopic (exact) mass is 454 g/mol. The molecule has 0 radical (unpaired) electrons. The number of amides is 1. The first-order chi connectivity index (χ1) is 16.3. The molecule has 4 nitrogen and oxygen atoms in total. The Balaban J connectivity index is 1.19. The van der Waals surface area contributed by atoms with Gasteiger partial charge in [-0.15, -0.1) is 0 Å². The van der Waals surface area contributed by atoms with Crippen molar-refractivity contribution in [2.24, 2.45) is 0 Å². The highest BCUT2D eigenvalue weighted by Gasteiger charge is 2.54. The fourth-order valence-electron chi connectivity index (χ4n) is 5.79. The number of fused-ring (bicyclic) bond motifs is 2. The molecule has 4 heteroatoms. The predicted molar refractivity (Wildman–Crippen MR) is 137 cm³/mol. The van der Waals surface area contributed by atoms with Crippen LogP contribution in [0.4, 0.5) is 0 Å². The van der Waals surface area contributed by atoms with E-state index in [0.29, 0.717) is 12.1 Å². The first kappa shape index (κ1) is 22.7. The standard InChI is InChI=1S/C30H34N2O2/c1-29-16-17-30(2,32(29)3)20-27(19-29)34-26-11-7-8-22(18-26)21-31-28(33)25-14-12-24(13-15-25)23-9-5-4-6-10-23/h4-15,18,27H,16-17,19-21H2,1-3H3,(H,31,33)/t27?,29-,30+. The van der Waals surface area contributed by atoms with E-state index < -0.39 is 0 Å². The lowest BCUT2D eigenvalue weighted by Gasteiger charge is -2.49. The third-order valence-electron chi connectivity index (χ3n) is 8.06. The topological polar surface area (TPSA) is 41.6 Å². The lowest BCUT2D eigenvalue weighted by Crippen LogP contribution is -2.57. The smallest absolute Gasteiger partial charge is 0.251 e. The van der Waals surface area contributed by atoms with Gasteiger partial charge in [-0.3, -0.25) is 9.69 Å². The number of benzene rings is 3. The van der Waals surface area contributed by atoms with Gasteiger partial charge in [0, 0.05) is 36.0 Å². The van der Waals surface area contributed by atoms with Crippen LogP contribution in [0.1, 0.15) is 55.5 Å². The molecule has 2 aliphatic rings. The molecule has 2 aliphatic heterocycles. The van der Waals surface area contributed by atoms with Crippen LogP contribution in [0.15, 0.2) is 78.9 Å². The van der Waals surface area contributed by atoms with Crippen LogP contribution in [0.2, 0.25) is 0 Å². The number of ether oxygens (including phenoxy) is 1. The van der Waals surface area contributed by atoms with Gasteiger partial charge >= 0.3 is 0 Å². The molecule has 34 heavy (non-hydrogen) atoms. The van der Waals surface area contributed by atoms with Gasteiger partial charge in [-0.1, -0.05) is 54.6 Å². The Kier molecular flexibility index (Phi) is 5.95. The van der Waals surface area contributed by atoms with E-state index in [2.05, 4.69) is 49.3 Å². The molecule has 3 atom stereocenters. The second-order valence-electron chi connectivity index (χ2n) is 10.5. The van der Waals surface area contributed by atoms with E-state index in [9.17, 15) is 4.79 Å². The quantitative estimate of drug-likeness (QED) is 0.492. The molecule has 2 saturated heterocycles. The third-order valence-corrected chi connectivity index (χ3v) is 8.06. The second-order valence-corrected chi connectivity index (χ2v) is 10.5. The van der Waals surface area contributed by atoms with E-state index in [1.165, 1.54) is 12.8 Å². The van der Waals surface area contributed by atoms with Gasteiger partial charge in [-0.2, -0.15) is 0 Å². The Morgan fingerprint density at radius 1 is 0.912 bits per heavy atom. The van der Waals surface area contributed by atoms with E-state index in [-0.39, 0.29) is 23.1 Å². The summed E-state index contributed by atoms with van der Waals surface area (Å²) >= 11 is 0. The van der Waals surface area contributed by atoms with Crippen LogP contribution < -0.4 is 10.1 Å². The Labute approximate surface area is 202 Å². The van der Waals surface area contributed by atoms with E-state index in [0.717, 1.165) is 35.3 Å². The van der Waals surface area contributed by atoms with Crippen LogP contribution in [0.25, 0.3) is 11.1 Å². The van der Waals surface area contributed by atoms with Crippen molar-refractivity contribution in [1.82, 2.24) is 10.2 Å². The number of hydrogen-bond donors (Lipinski definition) is 1. The zero-order chi connectivity index (χ0) is 23.8. The second kappa shape index (κ2) is 8.92. The lowest BCUT2D eigenvalue weighted by molar-refractivity contribution is -0.0250. The first-order valence-corrected chi connectivity index (χ1v) is 12.3. The maximum Gasteiger partial charge on any atom is 0.251 e. The highest BCUT2D eigenvalue weighted by Crippen LogP contribution is 2.49. The molecule has 3 aromatic rings. The molecule has 0 aliphatic carbocycles. The van der Waals surface area contributed by atoms with Gasteiger partial charge < -0.3 is 10.1 Å². The van der Waals surface area contributed by atoms with E-state index in [1.54, 1.807) is 0 Å². The highest BCUT2D eigenvalue weighted by molar-refractivity contribution is 5.94. The summed E-state index contributed by atoms with van der Waals surface area (Å²) in [5.74, 6) is 0.818. The Hall–Kier alpha value is -3.11. The van der Waals surface area contributed by atoms with Crippen molar-refractivity contribution >= 4 is 5.91 Å². The maximum atomic E-state index is 12.7. The minimum atomic E-state index is -0.0707. The molecule has 176 valence electrons. The largest absolute Gasteiger partial charge is 0.490 e. The molecular weight excluding hydrogens is 420 g/mol. The molecule has 1 amide bonds. The summed E-state index contributed by atoms with van der Waals surface area (Å²) in [6.07, 6.45) is 4.80. The van der Waals surface area contributed by atoms with Crippen LogP contribution in [0.3, 0.4) is 0 Å². The molecule has 5 rings (SSSR count). The van der Waals surface area contributed by atoms with E-state index in [1.807, 2.05) is 60.7 Å². The fourth-order valence-corrected chi connectivity index (χ4v) is 5.79. The molecule has 2 heterocycles. The van der Waals surface area contributed by atoms with Gasteiger partial charge in [0.2, 0.25) is 0 Å². The Bertz CT molecular complexity index is 1140. The van der Waals surface area contributed by atoms with Crippen LogP contribution >= 0.6 is 0 Å². The first-order valence-electron chi connectivity index (χ1n) is 12.3. The SMILES string of the molecule is CN1[C@@]2(C)CC[C@]1(C)CC(Oc1cccc(CNC(=O)c3ccc(-c4ccccc4)cc3)c1)C2. The molecule has 1 unspecified atom stereocenters. The number of hydrogen-bond acceptors (Lipinski definition) is 3.